The van der Waals surface area contributed by atoms with E-state index in [2.05, 4.69) is 0 Å². The van der Waals surface area contributed by atoms with Crippen LogP contribution in [0.5, 0.6) is 0 Å². The third-order valence-electron chi connectivity index (χ3n) is 3.40. The smallest absolute Gasteiger partial charge is 0.338 e. The number of aliphatic hydroxyl groups is 1. The molecule has 3 nitrogen and oxygen atoms in total. The van der Waals surface area contributed by atoms with Gasteiger partial charge in [-0.05, 0) is 37.1 Å². The van der Waals surface area contributed by atoms with E-state index in [4.69, 9.17) is 4.74 Å². The maximum absolute atomic E-state index is 13.8. The molecule has 0 saturated heterocycles. The third kappa shape index (κ3) is 3.33. The summed E-state index contributed by atoms with van der Waals surface area (Å²) in [5.41, 5.74) is -1.90. The molecule has 1 aromatic rings. The van der Waals surface area contributed by atoms with E-state index in [1.165, 1.54) is 6.92 Å². The molecule has 1 N–H and O–H groups in total. The Bertz CT molecular complexity index is 476. The van der Waals surface area contributed by atoms with Crippen molar-refractivity contribution in [2.75, 3.05) is 6.61 Å². The molecular weight excluding hydrogens is 266 g/mol. The van der Waals surface area contributed by atoms with Gasteiger partial charge in [0.2, 0.25) is 0 Å². The van der Waals surface area contributed by atoms with Gasteiger partial charge in [-0.1, -0.05) is 20.3 Å². The highest BCUT2D eigenvalue weighted by Crippen LogP contribution is 2.34. The minimum atomic E-state index is -1.86. The number of benzene rings is 1. The summed E-state index contributed by atoms with van der Waals surface area (Å²) in [4.78, 5) is 12.0. The molecule has 0 aliphatic heterocycles. The Morgan fingerprint density at radius 2 is 2.05 bits per heavy atom. The highest BCUT2D eigenvalue weighted by molar-refractivity contribution is 5.80. The number of carbonyl (C=O) groups excluding carboxylic acids is 1. The fourth-order valence-corrected chi connectivity index (χ4v) is 2.24. The van der Waals surface area contributed by atoms with Gasteiger partial charge in [0.1, 0.15) is 11.6 Å². The molecule has 2 unspecified atom stereocenters. The monoisotopic (exact) mass is 286 g/mol. The Morgan fingerprint density at radius 3 is 2.60 bits per heavy atom. The summed E-state index contributed by atoms with van der Waals surface area (Å²) in [6.07, 6.45) is 0.625. The van der Waals surface area contributed by atoms with E-state index in [9.17, 15) is 18.7 Å². The number of rotatable bonds is 6. The molecule has 1 rings (SSSR count). The second-order valence-corrected chi connectivity index (χ2v) is 4.78. The molecule has 0 aliphatic carbocycles. The fraction of sp³-hybridized carbons (Fsp3) is 0.533. The van der Waals surface area contributed by atoms with E-state index in [0.717, 1.165) is 18.2 Å². The Hall–Kier alpha value is -1.49. The Kier molecular flexibility index (Phi) is 5.62. The summed E-state index contributed by atoms with van der Waals surface area (Å²) in [5.74, 6) is -2.98. The first-order valence-electron chi connectivity index (χ1n) is 6.71. The zero-order valence-electron chi connectivity index (χ0n) is 12.0. The molecule has 2 atom stereocenters. The van der Waals surface area contributed by atoms with E-state index in [0.29, 0.717) is 6.42 Å². The zero-order chi connectivity index (χ0) is 15.3. The van der Waals surface area contributed by atoms with Crippen LogP contribution in [0.15, 0.2) is 18.2 Å². The summed E-state index contributed by atoms with van der Waals surface area (Å²) in [6.45, 7) is 5.02. The first kappa shape index (κ1) is 16.6. The maximum Gasteiger partial charge on any atom is 0.338 e. The minimum Gasteiger partial charge on any atom is -0.464 e. The van der Waals surface area contributed by atoms with E-state index in [-0.39, 0.29) is 18.6 Å². The molecule has 0 fully saturated rings. The normalized spacial score (nSPS) is 15.5. The quantitative estimate of drug-likeness (QED) is 0.817. The molecule has 1 aromatic carbocycles. The van der Waals surface area contributed by atoms with E-state index >= 15 is 0 Å². The number of halogens is 2. The molecule has 5 heteroatoms. The minimum absolute atomic E-state index is 0.0333. The van der Waals surface area contributed by atoms with Crippen LogP contribution in [0.3, 0.4) is 0 Å². The molecule has 0 heterocycles. The standard InChI is InChI=1S/C15H20F2O3/c1-4-8-15(19,14(18)20-5-2)10(3)12-9-11(16)6-7-13(12)17/h6-7,9-10,19H,4-5,8H2,1-3H3. The fourth-order valence-electron chi connectivity index (χ4n) is 2.24. The van der Waals surface area contributed by atoms with Gasteiger partial charge in [0.15, 0.2) is 5.60 Å². The van der Waals surface area contributed by atoms with Gasteiger partial charge in [-0.25, -0.2) is 13.6 Å². The molecular formula is C15H20F2O3. The van der Waals surface area contributed by atoms with E-state index in [1.807, 2.05) is 0 Å². The lowest BCUT2D eigenvalue weighted by Crippen LogP contribution is -2.45. The SMILES string of the molecule is CCCC(O)(C(=O)OCC)C(C)c1cc(F)ccc1F. The van der Waals surface area contributed by atoms with Crippen molar-refractivity contribution in [2.24, 2.45) is 0 Å². The van der Waals surface area contributed by atoms with Crippen molar-refractivity contribution in [3.63, 3.8) is 0 Å². The molecule has 0 amide bonds. The van der Waals surface area contributed by atoms with Crippen LogP contribution in [0.1, 0.15) is 45.1 Å². The average Bonchev–Trinajstić information content (AvgIpc) is 2.41. The molecule has 0 bridgehead atoms. The van der Waals surface area contributed by atoms with Crippen LogP contribution >= 0.6 is 0 Å². The molecule has 0 saturated carbocycles. The Labute approximate surface area is 117 Å². The van der Waals surface area contributed by atoms with Gasteiger partial charge in [-0.3, -0.25) is 0 Å². The van der Waals surface area contributed by atoms with Crippen molar-refractivity contribution >= 4 is 5.97 Å². The Balaban J connectivity index is 3.19. The van der Waals surface area contributed by atoms with Gasteiger partial charge < -0.3 is 9.84 Å². The van der Waals surface area contributed by atoms with Crippen LogP contribution in [-0.2, 0) is 9.53 Å². The van der Waals surface area contributed by atoms with Crippen LogP contribution in [-0.4, -0.2) is 23.3 Å². The average molecular weight is 286 g/mol. The predicted molar refractivity (Wildman–Crippen MR) is 71.3 cm³/mol. The van der Waals surface area contributed by atoms with Gasteiger partial charge >= 0.3 is 5.97 Å². The summed E-state index contributed by atoms with van der Waals surface area (Å²) < 4.78 is 31.9. The number of ether oxygens (including phenoxy) is 1. The largest absolute Gasteiger partial charge is 0.464 e. The highest BCUT2D eigenvalue weighted by atomic mass is 19.1. The highest BCUT2D eigenvalue weighted by Gasteiger charge is 2.43. The van der Waals surface area contributed by atoms with Crippen molar-refractivity contribution in [2.45, 2.75) is 45.1 Å². The second kappa shape index (κ2) is 6.79. The molecule has 0 radical (unpaired) electrons. The van der Waals surface area contributed by atoms with Crippen LogP contribution in [0.25, 0.3) is 0 Å². The number of hydrogen-bond donors (Lipinski definition) is 1. The second-order valence-electron chi connectivity index (χ2n) is 4.78. The van der Waals surface area contributed by atoms with Gasteiger partial charge in [0.05, 0.1) is 6.61 Å². The number of esters is 1. The summed E-state index contributed by atoms with van der Waals surface area (Å²) in [6, 6.07) is 2.98. The third-order valence-corrected chi connectivity index (χ3v) is 3.40. The van der Waals surface area contributed by atoms with Crippen LogP contribution in [0.4, 0.5) is 8.78 Å². The van der Waals surface area contributed by atoms with Crippen molar-refractivity contribution in [1.82, 2.24) is 0 Å². The summed E-state index contributed by atoms with van der Waals surface area (Å²) in [7, 11) is 0. The van der Waals surface area contributed by atoms with E-state index in [1.54, 1.807) is 13.8 Å². The Morgan fingerprint density at radius 1 is 1.40 bits per heavy atom. The van der Waals surface area contributed by atoms with Crippen molar-refractivity contribution in [3.05, 3.63) is 35.4 Å². The first-order chi connectivity index (χ1) is 9.36. The van der Waals surface area contributed by atoms with Gasteiger partial charge in [-0.15, -0.1) is 0 Å². The predicted octanol–water partition coefficient (Wildman–Crippen LogP) is 3.16. The molecule has 0 aromatic heterocycles. The van der Waals surface area contributed by atoms with E-state index < -0.39 is 29.1 Å². The lowest BCUT2D eigenvalue weighted by molar-refractivity contribution is -0.168. The zero-order valence-corrected chi connectivity index (χ0v) is 12.0. The van der Waals surface area contributed by atoms with Gasteiger partial charge in [-0.2, -0.15) is 0 Å². The maximum atomic E-state index is 13.8. The summed E-state index contributed by atoms with van der Waals surface area (Å²) in [5, 5.41) is 10.6. The number of hydrogen-bond acceptors (Lipinski definition) is 3. The topological polar surface area (TPSA) is 46.5 Å². The number of carbonyl (C=O) groups is 1. The first-order valence-corrected chi connectivity index (χ1v) is 6.71. The molecule has 0 aliphatic rings. The molecule has 0 spiro atoms. The van der Waals surface area contributed by atoms with Crippen molar-refractivity contribution in [3.8, 4) is 0 Å². The van der Waals surface area contributed by atoms with Crippen LogP contribution in [0, 0.1) is 11.6 Å². The van der Waals surface area contributed by atoms with Gasteiger partial charge in [0.25, 0.3) is 0 Å². The molecule has 20 heavy (non-hydrogen) atoms. The molecule has 112 valence electrons. The van der Waals surface area contributed by atoms with Crippen LogP contribution in [0.2, 0.25) is 0 Å². The van der Waals surface area contributed by atoms with Crippen LogP contribution < -0.4 is 0 Å². The van der Waals surface area contributed by atoms with Crippen molar-refractivity contribution in [1.29, 1.82) is 0 Å². The lowest BCUT2D eigenvalue weighted by Gasteiger charge is -2.32. The van der Waals surface area contributed by atoms with Gasteiger partial charge in [0, 0.05) is 5.92 Å². The summed E-state index contributed by atoms with van der Waals surface area (Å²) >= 11 is 0. The van der Waals surface area contributed by atoms with Crippen molar-refractivity contribution < 1.29 is 23.4 Å². The lowest BCUT2D eigenvalue weighted by atomic mass is 9.80.